The third-order valence-corrected chi connectivity index (χ3v) is 2.36. The summed E-state index contributed by atoms with van der Waals surface area (Å²) < 4.78 is 6.51. The molecule has 0 atom stereocenters. The van der Waals surface area contributed by atoms with Crippen molar-refractivity contribution in [3.8, 4) is 0 Å². The van der Waals surface area contributed by atoms with Gasteiger partial charge in [0.2, 0.25) is 5.91 Å². The highest BCUT2D eigenvalue weighted by Crippen LogP contribution is 1.95. The van der Waals surface area contributed by atoms with Gasteiger partial charge in [0.15, 0.2) is 0 Å². The van der Waals surface area contributed by atoms with Gasteiger partial charge in [0.05, 0.1) is 13.2 Å². The second-order valence-corrected chi connectivity index (χ2v) is 3.97. The fraction of sp³-hybridized carbons (Fsp3) is 0.385. The van der Waals surface area contributed by atoms with Gasteiger partial charge in [0.25, 0.3) is 5.56 Å². The number of nitrogen functional groups attached to an aromatic ring is 1. The minimum atomic E-state index is -0.258. The van der Waals surface area contributed by atoms with Crippen molar-refractivity contribution in [2.75, 3.05) is 25.5 Å². The number of nitrogens with two attached hydrogens (primary N) is 1. The first-order valence-corrected chi connectivity index (χ1v) is 6.05. The van der Waals surface area contributed by atoms with E-state index in [1.54, 1.807) is 6.08 Å². The molecule has 104 valence electrons. The number of hydrogen-bond acceptors (Lipinski definition) is 4. The fourth-order valence-corrected chi connectivity index (χ4v) is 1.42. The maximum atomic E-state index is 11.6. The number of carbonyl (C=O) groups is 1. The first-order chi connectivity index (χ1) is 9.13. The standard InChI is InChI=1S/C13H19N3O3/c1-2-3-7-19-8-6-15-12(17)10-16-9-11(14)4-5-13(16)18/h2,4-5,9H,1,3,6-8,10,14H2,(H,15,17). The van der Waals surface area contributed by atoms with E-state index < -0.39 is 0 Å². The summed E-state index contributed by atoms with van der Waals surface area (Å²) in [7, 11) is 0. The van der Waals surface area contributed by atoms with E-state index in [1.165, 1.54) is 22.9 Å². The van der Waals surface area contributed by atoms with Gasteiger partial charge in [-0.15, -0.1) is 6.58 Å². The number of nitrogens with zero attached hydrogens (tertiary/aromatic N) is 1. The fourth-order valence-electron chi connectivity index (χ4n) is 1.42. The molecule has 0 spiro atoms. The number of carbonyl (C=O) groups excluding carboxylic acids is 1. The van der Waals surface area contributed by atoms with Gasteiger partial charge in [0.1, 0.15) is 6.54 Å². The number of amides is 1. The molecule has 0 bridgehead atoms. The Morgan fingerprint density at radius 2 is 2.26 bits per heavy atom. The Balaban J connectivity index is 2.29. The van der Waals surface area contributed by atoms with Gasteiger partial charge in [0, 0.05) is 24.5 Å². The molecule has 1 rings (SSSR count). The minimum absolute atomic E-state index is 0.0451. The highest BCUT2D eigenvalue weighted by Gasteiger charge is 2.03. The maximum absolute atomic E-state index is 11.6. The summed E-state index contributed by atoms with van der Waals surface area (Å²) >= 11 is 0. The van der Waals surface area contributed by atoms with Gasteiger partial charge in [-0.2, -0.15) is 0 Å². The van der Waals surface area contributed by atoms with E-state index in [4.69, 9.17) is 10.5 Å². The Morgan fingerprint density at radius 3 is 3.00 bits per heavy atom. The lowest BCUT2D eigenvalue weighted by molar-refractivity contribution is -0.121. The second kappa shape index (κ2) is 8.10. The molecule has 0 radical (unpaired) electrons. The monoisotopic (exact) mass is 265 g/mol. The molecule has 1 aromatic rings. The van der Waals surface area contributed by atoms with Crippen LogP contribution in [0, 0.1) is 0 Å². The third-order valence-electron chi connectivity index (χ3n) is 2.36. The van der Waals surface area contributed by atoms with Crippen molar-refractivity contribution in [3.63, 3.8) is 0 Å². The zero-order valence-electron chi connectivity index (χ0n) is 10.8. The van der Waals surface area contributed by atoms with Gasteiger partial charge in [-0.1, -0.05) is 6.08 Å². The molecule has 0 saturated heterocycles. The predicted octanol–water partition coefficient (Wildman–Crippen LogP) is 0.139. The molecule has 0 aromatic carbocycles. The van der Waals surface area contributed by atoms with Crippen molar-refractivity contribution in [2.24, 2.45) is 0 Å². The topological polar surface area (TPSA) is 86.3 Å². The second-order valence-electron chi connectivity index (χ2n) is 3.97. The number of nitrogens with one attached hydrogen (secondary N) is 1. The van der Waals surface area contributed by atoms with E-state index in [1.807, 2.05) is 0 Å². The Kier molecular flexibility index (Phi) is 6.38. The van der Waals surface area contributed by atoms with E-state index >= 15 is 0 Å². The van der Waals surface area contributed by atoms with Crippen molar-refractivity contribution >= 4 is 11.6 Å². The lowest BCUT2D eigenvalue weighted by atomic mass is 10.4. The smallest absolute Gasteiger partial charge is 0.251 e. The highest BCUT2D eigenvalue weighted by molar-refractivity contribution is 5.75. The average Bonchev–Trinajstić information content (AvgIpc) is 2.38. The van der Waals surface area contributed by atoms with Crippen LogP contribution < -0.4 is 16.6 Å². The summed E-state index contributed by atoms with van der Waals surface area (Å²) in [5.41, 5.74) is 5.74. The molecular formula is C13H19N3O3. The Labute approximate surface area is 111 Å². The summed E-state index contributed by atoms with van der Waals surface area (Å²) in [6, 6.07) is 2.84. The summed E-state index contributed by atoms with van der Waals surface area (Å²) in [6.07, 6.45) is 4.00. The molecule has 1 amide bonds. The zero-order valence-corrected chi connectivity index (χ0v) is 10.8. The van der Waals surface area contributed by atoms with Crippen molar-refractivity contribution in [2.45, 2.75) is 13.0 Å². The predicted molar refractivity (Wildman–Crippen MR) is 73.8 cm³/mol. The normalized spacial score (nSPS) is 10.1. The summed E-state index contributed by atoms with van der Waals surface area (Å²) in [4.78, 5) is 23.0. The van der Waals surface area contributed by atoms with E-state index in [2.05, 4.69) is 11.9 Å². The summed E-state index contributed by atoms with van der Waals surface area (Å²) in [5, 5.41) is 2.66. The number of aromatic nitrogens is 1. The van der Waals surface area contributed by atoms with E-state index in [0.29, 0.717) is 25.4 Å². The van der Waals surface area contributed by atoms with Crippen LogP contribution >= 0.6 is 0 Å². The van der Waals surface area contributed by atoms with Crippen LogP contribution in [0.2, 0.25) is 0 Å². The van der Waals surface area contributed by atoms with E-state index in [-0.39, 0.29) is 18.0 Å². The van der Waals surface area contributed by atoms with E-state index in [9.17, 15) is 9.59 Å². The van der Waals surface area contributed by atoms with Gasteiger partial charge >= 0.3 is 0 Å². The lowest BCUT2D eigenvalue weighted by Gasteiger charge is -2.08. The first-order valence-electron chi connectivity index (χ1n) is 6.05. The van der Waals surface area contributed by atoms with Gasteiger partial charge in [-0.05, 0) is 12.5 Å². The lowest BCUT2D eigenvalue weighted by Crippen LogP contribution is -2.33. The molecule has 0 saturated carbocycles. The van der Waals surface area contributed by atoms with Crippen LogP contribution in [0.3, 0.4) is 0 Å². The molecule has 1 aromatic heterocycles. The van der Waals surface area contributed by atoms with Crippen molar-refractivity contribution in [1.29, 1.82) is 0 Å². The first kappa shape index (κ1) is 15.0. The Hall–Kier alpha value is -2.08. The molecule has 0 fully saturated rings. The quantitative estimate of drug-likeness (QED) is 0.517. The Bertz CT molecular complexity index is 482. The van der Waals surface area contributed by atoms with Gasteiger partial charge in [-0.3, -0.25) is 9.59 Å². The molecule has 0 aliphatic rings. The summed E-state index contributed by atoms with van der Waals surface area (Å²) in [6.45, 7) is 4.97. The molecule has 6 nitrogen and oxygen atoms in total. The van der Waals surface area contributed by atoms with Gasteiger partial charge in [-0.25, -0.2) is 0 Å². The molecular weight excluding hydrogens is 246 g/mol. The van der Waals surface area contributed by atoms with Crippen LogP contribution in [0.4, 0.5) is 5.69 Å². The molecule has 1 heterocycles. The third kappa shape index (κ3) is 5.87. The van der Waals surface area contributed by atoms with E-state index in [0.717, 1.165) is 6.42 Å². The van der Waals surface area contributed by atoms with Crippen LogP contribution in [0.15, 0.2) is 35.8 Å². The van der Waals surface area contributed by atoms with Crippen molar-refractivity contribution < 1.29 is 9.53 Å². The van der Waals surface area contributed by atoms with Crippen LogP contribution in [0.5, 0.6) is 0 Å². The zero-order chi connectivity index (χ0) is 14.1. The highest BCUT2D eigenvalue weighted by atomic mass is 16.5. The van der Waals surface area contributed by atoms with Crippen LogP contribution in [-0.4, -0.2) is 30.2 Å². The maximum Gasteiger partial charge on any atom is 0.251 e. The van der Waals surface area contributed by atoms with Crippen molar-refractivity contribution in [3.05, 3.63) is 41.3 Å². The molecule has 19 heavy (non-hydrogen) atoms. The SMILES string of the molecule is C=CCCOCCNC(=O)Cn1cc(N)ccc1=O. The molecule has 6 heteroatoms. The Morgan fingerprint density at radius 1 is 1.47 bits per heavy atom. The molecule has 3 N–H and O–H groups in total. The van der Waals surface area contributed by atoms with Gasteiger partial charge < -0.3 is 20.4 Å². The number of hydrogen-bond donors (Lipinski definition) is 2. The van der Waals surface area contributed by atoms with Crippen LogP contribution in [0.25, 0.3) is 0 Å². The average molecular weight is 265 g/mol. The van der Waals surface area contributed by atoms with Crippen LogP contribution in [-0.2, 0) is 16.1 Å². The largest absolute Gasteiger partial charge is 0.398 e. The number of rotatable bonds is 8. The molecule has 0 aliphatic heterocycles. The molecule has 0 unspecified atom stereocenters. The minimum Gasteiger partial charge on any atom is -0.398 e. The van der Waals surface area contributed by atoms with Crippen molar-refractivity contribution in [1.82, 2.24) is 9.88 Å². The number of pyridine rings is 1. The molecule has 0 aliphatic carbocycles. The summed E-state index contributed by atoms with van der Waals surface area (Å²) in [5.74, 6) is -0.250. The number of anilines is 1. The number of ether oxygens (including phenoxy) is 1. The van der Waals surface area contributed by atoms with Crippen LogP contribution in [0.1, 0.15) is 6.42 Å².